The van der Waals surface area contributed by atoms with Crippen molar-refractivity contribution in [1.29, 1.82) is 0 Å². The maximum absolute atomic E-state index is 12.0. The molecule has 1 aliphatic rings. The van der Waals surface area contributed by atoms with E-state index in [4.69, 9.17) is 10.8 Å². The Hall–Kier alpha value is -1.14. The van der Waals surface area contributed by atoms with Gasteiger partial charge in [0.2, 0.25) is 5.91 Å². The van der Waals surface area contributed by atoms with Gasteiger partial charge in [0.25, 0.3) is 0 Å². The molecule has 0 aromatic heterocycles. The Labute approximate surface area is 101 Å². The lowest BCUT2D eigenvalue weighted by Gasteiger charge is -2.28. The van der Waals surface area contributed by atoms with E-state index in [1.165, 1.54) is 0 Å². The Bertz CT molecular complexity index is 294. The summed E-state index contributed by atoms with van der Waals surface area (Å²) in [6, 6.07) is -0.757. The van der Waals surface area contributed by atoms with E-state index in [9.17, 15) is 9.59 Å². The normalized spacial score (nSPS) is 21.9. The van der Waals surface area contributed by atoms with Crippen LogP contribution in [0.15, 0.2) is 0 Å². The van der Waals surface area contributed by atoms with Crippen molar-refractivity contribution in [2.24, 2.45) is 5.73 Å². The minimum absolute atomic E-state index is 0.164. The second kappa shape index (κ2) is 5.97. The number of carboxylic acid groups (broad SMARTS) is 1. The Morgan fingerprint density at radius 3 is 2.71 bits per heavy atom. The van der Waals surface area contributed by atoms with Gasteiger partial charge in [-0.1, -0.05) is 0 Å². The van der Waals surface area contributed by atoms with Gasteiger partial charge in [0, 0.05) is 19.1 Å². The number of carbonyl (C=O) groups is 2. The lowest BCUT2D eigenvalue weighted by molar-refractivity contribution is -0.142. The molecule has 0 saturated carbocycles. The van der Waals surface area contributed by atoms with Crippen LogP contribution >= 0.6 is 0 Å². The van der Waals surface area contributed by atoms with Crippen molar-refractivity contribution in [1.82, 2.24) is 9.80 Å². The molecule has 1 saturated heterocycles. The first kappa shape index (κ1) is 13.9. The van der Waals surface area contributed by atoms with Gasteiger partial charge in [-0.15, -0.1) is 0 Å². The molecule has 0 aromatic rings. The van der Waals surface area contributed by atoms with E-state index in [0.29, 0.717) is 6.54 Å². The van der Waals surface area contributed by atoms with Crippen molar-refractivity contribution in [3.63, 3.8) is 0 Å². The minimum Gasteiger partial charge on any atom is -0.481 e. The largest absolute Gasteiger partial charge is 0.481 e. The van der Waals surface area contributed by atoms with Crippen LogP contribution in [0.5, 0.6) is 0 Å². The maximum atomic E-state index is 12.0. The number of hydrogen-bond donors (Lipinski definition) is 2. The van der Waals surface area contributed by atoms with Crippen LogP contribution in [0.1, 0.15) is 19.3 Å². The van der Waals surface area contributed by atoms with Crippen LogP contribution in [0.3, 0.4) is 0 Å². The highest BCUT2D eigenvalue weighted by Gasteiger charge is 2.32. The molecule has 6 nitrogen and oxygen atoms in total. The van der Waals surface area contributed by atoms with E-state index in [0.717, 1.165) is 19.4 Å². The summed E-state index contributed by atoms with van der Waals surface area (Å²) in [7, 11) is 3.91. The number of carboxylic acids is 1. The molecule has 0 bridgehead atoms. The fourth-order valence-electron chi connectivity index (χ4n) is 2.23. The first-order valence-corrected chi connectivity index (χ1v) is 5.84. The third-order valence-electron chi connectivity index (χ3n) is 2.95. The van der Waals surface area contributed by atoms with Crippen LogP contribution in [-0.4, -0.2) is 66.1 Å². The number of likely N-dealkylation sites (tertiary alicyclic amines) is 1. The van der Waals surface area contributed by atoms with Gasteiger partial charge in [-0.2, -0.15) is 0 Å². The van der Waals surface area contributed by atoms with Crippen LogP contribution in [0.4, 0.5) is 0 Å². The standard InChI is InChI=1S/C11H21N3O3/c1-13(2)7-8-4-3-5-14(8)11(17)9(12)6-10(15)16/h8-9H,3-7,12H2,1-2H3,(H,15,16). The summed E-state index contributed by atoms with van der Waals surface area (Å²) < 4.78 is 0. The fraction of sp³-hybridized carbons (Fsp3) is 0.818. The van der Waals surface area contributed by atoms with E-state index in [-0.39, 0.29) is 18.4 Å². The van der Waals surface area contributed by atoms with Crippen LogP contribution in [0.2, 0.25) is 0 Å². The zero-order valence-corrected chi connectivity index (χ0v) is 10.4. The second-order valence-corrected chi connectivity index (χ2v) is 4.79. The molecule has 17 heavy (non-hydrogen) atoms. The van der Waals surface area contributed by atoms with Crippen molar-refractivity contribution in [2.45, 2.75) is 31.3 Å². The van der Waals surface area contributed by atoms with E-state index in [2.05, 4.69) is 0 Å². The first-order chi connectivity index (χ1) is 7.91. The zero-order chi connectivity index (χ0) is 13.0. The highest BCUT2D eigenvalue weighted by atomic mass is 16.4. The molecule has 1 heterocycles. The molecule has 6 heteroatoms. The molecule has 3 N–H and O–H groups in total. The number of carbonyl (C=O) groups excluding carboxylic acids is 1. The summed E-state index contributed by atoms with van der Waals surface area (Å²) in [5.74, 6) is -1.27. The predicted octanol–water partition coefficient (Wildman–Crippen LogP) is -0.659. The van der Waals surface area contributed by atoms with Crippen molar-refractivity contribution in [3.8, 4) is 0 Å². The Balaban J connectivity index is 2.57. The summed E-state index contributed by atoms with van der Waals surface area (Å²) in [5.41, 5.74) is 5.61. The number of hydrogen-bond acceptors (Lipinski definition) is 4. The average Bonchev–Trinajstić information content (AvgIpc) is 2.62. The van der Waals surface area contributed by atoms with Gasteiger partial charge in [-0.05, 0) is 26.9 Å². The maximum Gasteiger partial charge on any atom is 0.305 e. The third kappa shape index (κ3) is 3.98. The monoisotopic (exact) mass is 243 g/mol. The Morgan fingerprint density at radius 2 is 2.18 bits per heavy atom. The molecule has 0 radical (unpaired) electrons. The molecule has 2 atom stereocenters. The molecule has 0 aromatic carbocycles. The van der Waals surface area contributed by atoms with Gasteiger partial charge in [-0.3, -0.25) is 9.59 Å². The van der Waals surface area contributed by atoms with Crippen molar-refractivity contribution >= 4 is 11.9 Å². The predicted molar refractivity (Wildman–Crippen MR) is 63.5 cm³/mol. The smallest absolute Gasteiger partial charge is 0.305 e. The minimum atomic E-state index is -1.03. The molecular formula is C11H21N3O3. The highest BCUT2D eigenvalue weighted by Crippen LogP contribution is 2.18. The van der Waals surface area contributed by atoms with E-state index < -0.39 is 12.0 Å². The van der Waals surface area contributed by atoms with Gasteiger partial charge < -0.3 is 20.6 Å². The summed E-state index contributed by atoms with van der Waals surface area (Å²) in [5, 5.41) is 8.63. The van der Waals surface area contributed by atoms with Gasteiger partial charge in [0.05, 0.1) is 12.5 Å². The van der Waals surface area contributed by atoms with Crippen molar-refractivity contribution in [2.75, 3.05) is 27.2 Å². The molecule has 2 unspecified atom stereocenters. The van der Waals surface area contributed by atoms with E-state index in [1.807, 2.05) is 19.0 Å². The Kier molecular flexibility index (Phi) is 4.89. The number of rotatable bonds is 5. The van der Waals surface area contributed by atoms with E-state index >= 15 is 0 Å². The van der Waals surface area contributed by atoms with Gasteiger partial charge in [0.15, 0.2) is 0 Å². The Morgan fingerprint density at radius 1 is 1.53 bits per heavy atom. The first-order valence-electron chi connectivity index (χ1n) is 5.84. The lowest BCUT2D eigenvalue weighted by atomic mass is 10.1. The average molecular weight is 243 g/mol. The molecule has 1 amide bonds. The zero-order valence-electron chi connectivity index (χ0n) is 10.4. The van der Waals surface area contributed by atoms with Crippen LogP contribution in [0.25, 0.3) is 0 Å². The quantitative estimate of drug-likeness (QED) is 0.669. The summed E-state index contributed by atoms with van der Waals surface area (Å²) in [6.45, 7) is 1.48. The summed E-state index contributed by atoms with van der Waals surface area (Å²) >= 11 is 0. The van der Waals surface area contributed by atoms with Crippen LogP contribution < -0.4 is 5.73 Å². The molecule has 0 spiro atoms. The fourth-order valence-corrected chi connectivity index (χ4v) is 2.23. The van der Waals surface area contributed by atoms with Gasteiger partial charge >= 0.3 is 5.97 Å². The van der Waals surface area contributed by atoms with Gasteiger partial charge in [0.1, 0.15) is 0 Å². The lowest BCUT2D eigenvalue weighted by Crippen LogP contribution is -2.49. The topological polar surface area (TPSA) is 86.9 Å². The second-order valence-electron chi connectivity index (χ2n) is 4.79. The number of likely N-dealkylation sites (N-methyl/N-ethyl adjacent to an activating group) is 1. The molecule has 0 aliphatic carbocycles. The summed E-state index contributed by atoms with van der Waals surface area (Å²) in [6.07, 6.45) is 1.62. The number of aliphatic carboxylic acids is 1. The molecule has 1 aliphatic heterocycles. The highest BCUT2D eigenvalue weighted by molar-refractivity contribution is 5.86. The van der Waals surface area contributed by atoms with Crippen molar-refractivity contribution in [3.05, 3.63) is 0 Å². The molecule has 1 fully saturated rings. The van der Waals surface area contributed by atoms with Crippen LogP contribution in [-0.2, 0) is 9.59 Å². The van der Waals surface area contributed by atoms with Crippen LogP contribution in [0, 0.1) is 0 Å². The molecule has 98 valence electrons. The third-order valence-corrected chi connectivity index (χ3v) is 2.95. The molecule has 1 rings (SSSR count). The number of nitrogens with zero attached hydrogens (tertiary/aromatic N) is 2. The summed E-state index contributed by atoms with van der Waals surface area (Å²) in [4.78, 5) is 26.3. The van der Waals surface area contributed by atoms with Crippen molar-refractivity contribution < 1.29 is 14.7 Å². The van der Waals surface area contributed by atoms with E-state index in [1.54, 1.807) is 4.90 Å². The number of nitrogens with two attached hydrogens (primary N) is 1. The van der Waals surface area contributed by atoms with Gasteiger partial charge in [-0.25, -0.2) is 0 Å². The molecular weight excluding hydrogens is 222 g/mol. The number of amides is 1. The SMILES string of the molecule is CN(C)CC1CCCN1C(=O)C(N)CC(=O)O.